The van der Waals surface area contributed by atoms with Gasteiger partial charge in [0.1, 0.15) is 17.5 Å². The summed E-state index contributed by atoms with van der Waals surface area (Å²) < 4.78 is 1.84. The Balaban J connectivity index is 2.02. The first-order chi connectivity index (χ1) is 9.70. The molecule has 1 aromatic carbocycles. The number of rotatable bonds is 1. The first kappa shape index (κ1) is 12.7. The standard InChI is InChI=1S/C16H18N4/c1-12-15(10-17)16(19(2)18-12)20-9-5-8-13-6-3-4-7-14(13)11-20/h3-4,6-7H,5,8-9,11H2,1-2H3. The van der Waals surface area contributed by atoms with E-state index in [1.807, 2.05) is 18.7 Å². The van der Waals surface area contributed by atoms with Gasteiger partial charge in [0.25, 0.3) is 0 Å². The number of benzene rings is 1. The van der Waals surface area contributed by atoms with Crippen LogP contribution in [0.3, 0.4) is 0 Å². The highest BCUT2D eigenvalue weighted by Crippen LogP contribution is 2.27. The van der Waals surface area contributed by atoms with E-state index in [1.54, 1.807) is 0 Å². The molecule has 0 amide bonds. The van der Waals surface area contributed by atoms with Gasteiger partial charge in [0, 0.05) is 20.1 Å². The SMILES string of the molecule is Cc1nn(C)c(N2CCCc3ccccc3C2)c1C#N. The lowest BCUT2D eigenvalue weighted by molar-refractivity contribution is 0.687. The van der Waals surface area contributed by atoms with E-state index in [9.17, 15) is 5.26 Å². The smallest absolute Gasteiger partial charge is 0.145 e. The van der Waals surface area contributed by atoms with Crippen LogP contribution >= 0.6 is 0 Å². The summed E-state index contributed by atoms with van der Waals surface area (Å²) in [6.07, 6.45) is 2.21. The zero-order chi connectivity index (χ0) is 14.1. The molecule has 0 saturated heterocycles. The average Bonchev–Trinajstić information content (AvgIpc) is 2.62. The predicted octanol–water partition coefficient (Wildman–Crippen LogP) is 2.55. The second-order valence-electron chi connectivity index (χ2n) is 5.31. The van der Waals surface area contributed by atoms with Crippen LogP contribution in [0.4, 0.5) is 5.82 Å². The van der Waals surface area contributed by atoms with Crippen molar-refractivity contribution >= 4 is 5.82 Å². The van der Waals surface area contributed by atoms with Gasteiger partial charge in [-0.25, -0.2) is 0 Å². The molecule has 1 aliphatic rings. The van der Waals surface area contributed by atoms with E-state index < -0.39 is 0 Å². The van der Waals surface area contributed by atoms with Gasteiger partial charge in [-0.05, 0) is 30.9 Å². The van der Waals surface area contributed by atoms with Crippen molar-refractivity contribution in [2.75, 3.05) is 11.4 Å². The van der Waals surface area contributed by atoms with Gasteiger partial charge >= 0.3 is 0 Å². The molecule has 2 heterocycles. The maximum atomic E-state index is 9.38. The number of nitriles is 1. The van der Waals surface area contributed by atoms with E-state index in [0.717, 1.165) is 37.4 Å². The van der Waals surface area contributed by atoms with Crippen LogP contribution in [0.1, 0.15) is 28.8 Å². The van der Waals surface area contributed by atoms with Gasteiger partial charge in [0.05, 0.1) is 5.69 Å². The zero-order valence-electron chi connectivity index (χ0n) is 11.9. The lowest BCUT2D eigenvalue weighted by Gasteiger charge is -2.23. The van der Waals surface area contributed by atoms with Crippen molar-refractivity contribution in [2.45, 2.75) is 26.3 Å². The Kier molecular flexibility index (Phi) is 3.19. The molecule has 0 N–H and O–H groups in total. The van der Waals surface area contributed by atoms with Crippen molar-refractivity contribution in [2.24, 2.45) is 7.05 Å². The Bertz CT molecular complexity index is 678. The van der Waals surface area contributed by atoms with Crippen LogP contribution in [0.5, 0.6) is 0 Å². The van der Waals surface area contributed by atoms with Crippen LogP contribution in [0.25, 0.3) is 0 Å². The largest absolute Gasteiger partial charge is 0.351 e. The molecular weight excluding hydrogens is 248 g/mol. The molecule has 0 radical (unpaired) electrons. The monoisotopic (exact) mass is 266 g/mol. The Morgan fingerprint density at radius 3 is 2.75 bits per heavy atom. The van der Waals surface area contributed by atoms with Crippen molar-refractivity contribution in [3.8, 4) is 6.07 Å². The Morgan fingerprint density at radius 2 is 2.00 bits per heavy atom. The van der Waals surface area contributed by atoms with Crippen LogP contribution < -0.4 is 4.90 Å². The van der Waals surface area contributed by atoms with Crippen LogP contribution in [0.15, 0.2) is 24.3 Å². The van der Waals surface area contributed by atoms with Crippen molar-refractivity contribution in [1.29, 1.82) is 5.26 Å². The van der Waals surface area contributed by atoms with Crippen molar-refractivity contribution in [3.63, 3.8) is 0 Å². The Hall–Kier alpha value is -2.28. The molecule has 1 aromatic heterocycles. The minimum Gasteiger partial charge on any atom is -0.351 e. The second kappa shape index (κ2) is 5.01. The summed E-state index contributed by atoms with van der Waals surface area (Å²) in [6.45, 7) is 3.71. The molecule has 0 saturated carbocycles. The maximum Gasteiger partial charge on any atom is 0.145 e. The number of aryl methyl sites for hydroxylation is 3. The van der Waals surface area contributed by atoms with Crippen LogP contribution in [-0.2, 0) is 20.0 Å². The number of aromatic nitrogens is 2. The lowest BCUT2D eigenvalue weighted by atomic mass is 10.0. The second-order valence-corrected chi connectivity index (χ2v) is 5.31. The fraction of sp³-hybridized carbons (Fsp3) is 0.375. The highest BCUT2D eigenvalue weighted by Gasteiger charge is 2.22. The summed E-state index contributed by atoms with van der Waals surface area (Å²) in [5.41, 5.74) is 4.29. The lowest BCUT2D eigenvalue weighted by Crippen LogP contribution is -2.25. The minimum atomic E-state index is 0.701. The molecule has 20 heavy (non-hydrogen) atoms. The fourth-order valence-electron chi connectivity index (χ4n) is 3.02. The number of nitrogens with zero attached hydrogens (tertiary/aromatic N) is 4. The van der Waals surface area contributed by atoms with E-state index in [1.165, 1.54) is 11.1 Å². The highest BCUT2D eigenvalue weighted by molar-refractivity contribution is 5.57. The van der Waals surface area contributed by atoms with Crippen molar-refractivity contribution in [1.82, 2.24) is 9.78 Å². The number of fused-ring (bicyclic) bond motifs is 1. The van der Waals surface area contributed by atoms with Crippen LogP contribution in [-0.4, -0.2) is 16.3 Å². The van der Waals surface area contributed by atoms with Gasteiger partial charge in [0.2, 0.25) is 0 Å². The molecule has 0 unspecified atom stereocenters. The molecule has 0 spiro atoms. The topological polar surface area (TPSA) is 44.9 Å². The third-order valence-corrected chi connectivity index (χ3v) is 3.96. The molecular formula is C16H18N4. The van der Waals surface area contributed by atoms with Gasteiger partial charge in [-0.3, -0.25) is 4.68 Å². The van der Waals surface area contributed by atoms with Crippen molar-refractivity contribution < 1.29 is 0 Å². The quantitative estimate of drug-likeness (QED) is 0.797. The number of anilines is 1. The third kappa shape index (κ3) is 2.05. The van der Waals surface area contributed by atoms with Gasteiger partial charge in [0.15, 0.2) is 0 Å². The van der Waals surface area contributed by atoms with Crippen molar-refractivity contribution in [3.05, 3.63) is 46.6 Å². The summed E-state index contributed by atoms with van der Waals surface area (Å²) >= 11 is 0. The number of hydrogen-bond donors (Lipinski definition) is 0. The third-order valence-electron chi connectivity index (χ3n) is 3.96. The fourth-order valence-corrected chi connectivity index (χ4v) is 3.02. The van der Waals surface area contributed by atoms with E-state index >= 15 is 0 Å². The van der Waals surface area contributed by atoms with Crippen LogP contribution in [0.2, 0.25) is 0 Å². The average molecular weight is 266 g/mol. The summed E-state index contributed by atoms with van der Waals surface area (Å²) in [5.74, 6) is 0.946. The van der Waals surface area contributed by atoms with Gasteiger partial charge in [-0.2, -0.15) is 10.4 Å². The van der Waals surface area contributed by atoms with E-state index in [-0.39, 0.29) is 0 Å². The molecule has 0 aliphatic carbocycles. The molecule has 0 bridgehead atoms. The molecule has 1 aliphatic heterocycles. The molecule has 4 nitrogen and oxygen atoms in total. The van der Waals surface area contributed by atoms with E-state index in [4.69, 9.17) is 0 Å². The first-order valence-electron chi connectivity index (χ1n) is 6.96. The summed E-state index contributed by atoms with van der Waals surface area (Å²) in [7, 11) is 1.92. The number of hydrogen-bond acceptors (Lipinski definition) is 3. The van der Waals surface area contributed by atoms with Gasteiger partial charge in [-0.1, -0.05) is 24.3 Å². The Morgan fingerprint density at radius 1 is 1.25 bits per heavy atom. The summed E-state index contributed by atoms with van der Waals surface area (Å²) in [5, 5.41) is 13.8. The van der Waals surface area contributed by atoms with E-state index in [2.05, 4.69) is 40.3 Å². The predicted molar refractivity (Wildman–Crippen MR) is 78.5 cm³/mol. The highest BCUT2D eigenvalue weighted by atomic mass is 15.4. The molecule has 3 rings (SSSR count). The molecule has 0 fully saturated rings. The summed E-state index contributed by atoms with van der Waals surface area (Å²) in [6, 6.07) is 10.9. The molecule has 2 aromatic rings. The van der Waals surface area contributed by atoms with Crippen LogP contribution in [0, 0.1) is 18.3 Å². The normalized spacial score (nSPS) is 14.6. The molecule has 4 heteroatoms. The maximum absolute atomic E-state index is 9.38. The zero-order valence-corrected chi connectivity index (χ0v) is 11.9. The first-order valence-corrected chi connectivity index (χ1v) is 6.96. The summed E-state index contributed by atoms with van der Waals surface area (Å²) in [4.78, 5) is 2.28. The minimum absolute atomic E-state index is 0.701. The Labute approximate surface area is 119 Å². The van der Waals surface area contributed by atoms with Gasteiger partial charge < -0.3 is 4.90 Å². The van der Waals surface area contributed by atoms with E-state index in [0.29, 0.717) is 5.56 Å². The van der Waals surface area contributed by atoms with Gasteiger partial charge in [-0.15, -0.1) is 0 Å². The molecule has 102 valence electrons. The molecule has 0 atom stereocenters.